The number of aliphatic hydroxyl groups excluding tert-OH is 7. The van der Waals surface area contributed by atoms with Crippen LogP contribution >= 0.6 is 0 Å². The van der Waals surface area contributed by atoms with Gasteiger partial charge in [0, 0.05) is 38.6 Å². The maximum atomic E-state index is 14.5. The van der Waals surface area contributed by atoms with E-state index >= 15 is 0 Å². The average molecular weight is 915 g/mol. The molecule has 65 heavy (non-hydrogen) atoms. The summed E-state index contributed by atoms with van der Waals surface area (Å²) in [5.41, 5.74) is 1.78. The first-order valence-corrected chi connectivity index (χ1v) is 22.7. The molecule has 19 heteroatoms. The molecular weight excluding hydrogens is 849 g/mol. The lowest BCUT2D eigenvalue weighted by Gasteiger charge is -2.45. The van der Waals surface area contributed by atoms with E-state index in [1.165, 1.54) is 0 Å². The molecule has 4 saturated heterocycles. The molecule has 0 radical (unpaired) electrons. The molecule has 0 bridgehead atoms. The number of nitrogens with zero attached hydrogens (tertiary/aromatic N) is 2. The standard InChI is InChI=1S/C46H66N4O15/c1-26(2)22-35(54)49-20-19-29-17-18-31(43(60)48-36(27-12-6-3-7-13-27)28-14-8-4-9-15-28)50(29)44(61)30(23-49)47-34(53)16-10-5-11-21-62-45-41(59)39(57)42(33(25-52)64-45)65-46-40(58)38(56)37(55)32(24-51)63-46/h3-4,6-9,12-15,26,29-33,36-42,45-46,51-52,55-59H,5,10-11,16-25H2,1-2H3,(H,47,53)(H,48,60)/t29-,30+,31?,32-,33-,37+,38+,39-,40-,41-,42-,45-,46+/m1/s1. The van der Waals surface area contributed by atoms with Crippen molar-refractivity contribution in [1.82, 2.24) is 20.4 Å². The lowest BCUT2D eigenvalue weighted by atomic mass is 9.97. The summed E-state index contributed by atoms with van der Waals surface area (Å²) in [5.74, 6) is -1.14. The molecule has 19 nitrogen and oxygen atoms in total. The zero-order valence-electron chi connectivity index (χ0n) is 36.9. The fourth-order valence-corrected chi connectivity index (χ4v) is 9.06. The molecule has 2 aromatic carbocycles. The number of carbonyl (C=O) groups is 4. The maximum Gasteiger partial charge on any atom is 0.247 e. The van der Waals surface area contributed by atoms with E-state index in [0.717, 1.165) is 11.1 Å². The summed E-state index contributed by atoms with van der Waals surface area (Å²) in [6.07, 6.45) is -12.6. The van der Waals surface area contributed by atoms with Crippen LogP contribution < -0.4 is 10.6 Å². The van der Waals surface area contributed by atoms with Gasteiger partial charge >= 0.3 is 0 Å². The first-order valence-electron chi connectivity index (χ1n) is 22.7. The van der Waals surface area contributed by atoms with Crippen LogP contribution in [0.15, 0.2) is 60.7 Å². The summed E-state index contributed by atoms with van der Waals surface area (Å²) in [5, 5.41) is 77.8. The Bertz CT molecular complexity index is 1800. The molecule has 13 atom stereocenters. The number of hydrogen-bond donors (Lipinski definition) is 9. The van der Waals surface area contributed by atoms with Gasteiger partial charge in [-0.2, -0.15) is 0 Å². The molecule has 2 aromatic rings. The van der Waals surface area contributed by atoms with Crippen molar-refractivity contribution in [3.8, 4) is 0 Å². The third kappa shape index (κ3) is 12.5. The summed E-state index contributed by atoms with van der Waals surface area (Å²) >= 11 is 0. The summed E-state index contributed by atoms with van der Waals surface area (Å²) in [7, 11) is 0. The third-order valence-corrected chi connectivity index (χ3v) is 12.6. The van der Waals surface area contributed by atoms with Gasteiger partial charge in [0.25, 0.3) is 0 Å². The van der Waals surface area contributed by atoms with E-state index in [9.17, 15) is 54.9 Å². The largest absolute Gasteiger partial charge is 0.394 e. The Morgan fingerprint density at radius 2 is 1.40 bits per heavy atom. The first kappa shape index (κ1) is 50.3. The first-order chi connectivity index (χ1) is 31.2. The van der Waals surface area contributed by atoms with Gasteiger partial charge in [0.15, 0.2) is 12.6 Å². The van der Waals surface area contributed by atoms with Crippen LogP contribution in [0, 0.1) is 5.92 Å². The van der Waals surface area contributed by atoms with E-state index in [0.29, 0.717) is 45.1 Å². The topological polar surface area (TPSA) is 277 Å². The SMILES string of the molecule is CC(C)CC(=O)N1CC[C@H]2CCC(C(=O)NC(c3ccccc3)c3ccccc3)N2C(=O)[C@@H](NC(=O)CCCCCO[C@@H]2O[C@H](CO)[C@@H](O[C@@H]3O[C@H](CO)[C@H](O)[C@H](O)[C@H]3O)[C@H](O)[C@H]2O)C1. The average Bonchev–Trinajstić information content (AvgIpc) is 3.72. The van der Waals surface area contributed by atoms with Crippen LogP contribution in [-0.2, 0) is 38.1 Å². The zero-order valence-corrected chi connectivity index (χ0v) is 36.9. The van der Waals surface area contributed by atoms with E-state index in [1.54, 1.807) is 9.80 Å². The minimum atomic E-state index is -1.79. The van der Waals surface area contributed by atoms with Crippen LogP contribution in [0.5, 0.6) is 0 Å². The Kier molecular flexibility index (Phi) is 18.2. The number of benzene rings is 2. The highest BCUT2D eigenvalue weighted by Crippen LogP contribution is 2.33. The molecule has 4 aliphatic heterocycles. The van der Waals surface area contributed by atoms with Crippen LogP contribution in [0.25, 0.3) is 0 Å². The van der Waals surface area contributed by atoms with E-state index < -0.39 is 105 Å². The van der Waals surface area contributed by atoms with Crippen LogP contribution in [0.4, 0.5) is 0 Å². The number of ether oxygens (including phenoxy) is 4. The summed E-state index contributed by atoms with van der Waals surface area (Å²) in [6, 6.07) is 16.6. The molecule has 0 spiro atoms. The second-order valence-corrected chi connectivity index (χ2v) is 17.8. The quantitative estimate of drug-likeness (QED) is 0.0830. The van der Waals surface area contributed by atoms with Gasteiger partial charge in [-0.05, 0) is 49.1 Å². The van der Waals surface area contributed by atoms with Crippen molar-refractivity contribution >= 4 is 23.6 Å². The van der Waals surface area contributed by atoms with Crippen molar-refractivity contribution in [2.24, 2.45) is 5.92 Å². The predicted octanol–water partition coefficient (Wildman–Crippen LogP) is -0.784. The van der Waals surface area contributed by atoms with Gasteiger partial charge in [0.05, 0.1) is 19.3 Å². The molecular formula is C46H66N4O15. The molecule has 4 heterocycles. The van der Waals surface area contributed by atoms with Gasteiger partial charge in [-0.15, -0.1) is 0 Å². The van der Waals surface area contributed by atoms with Gasteiger partial charge in [-0.1, -0.05) is 80.9 Å². The van der Waals surface area contributed by atoms with Gasteiger partial charge < -0.3 is 75.1 Å². The highest BCUT2D eigenvalue weighted by Gasteiger charge is 2.51. The number of amides is 4. The fourth-order valence-electron chi connectivity index (χ4n) is 9.06. The number of fused-ring (bicyclic) bond motifs is 1. The van der Waals surface area contributed by atoms with Crippen LogP contribution in [0.3, 0.4) is 0 Å². The maximum absolute atomic E-state index is 14.5. The number of hydrogen-bond acceptors (Lipinski definition) is 15. The zero-order chi connectivity index (χ0) is 46.8. The van der Waals surface area contributed by atoms with Crippen molar-refractivity contribution in [2.45, 2.75) is 151 Å². The fraction of sp³-hybridized carbons (Fsp3) is 0.652. The molecule has 4 aliphatic rings. The Labute approximate surface area is 378 Å². The van der Waals surface area contributed by atoms with Crippen LogP contribution in [0.2, 0.25) is 0 Å². The predicted molar refractivity (Wildman–Crippen MR) is 230 cm³/mol. The van der Waals surface area contributed by atoms with Crippen molar-refractivity contribution in [1.29, 1.82) is 0 Å². The minimum Gasteiger partial charge on any atom is -0.394 e. The van der Waals surface area contributed by atoms with Crippen molar-refractivity contribution in [2.75, 3.05) is 32.9 Å². The summed E-state index contributed by atoms with van der Waals surface area (Å²) < 4.78 is 22.3. The Morgan fingerprint density at radius 3 is 2.03 bits per heavy atom. The van der Waals surface area contributed by atoms with Gasteiger partial charge in [-0.25, -0.2) is 0 Å². The van der Waals surface area contributed by atoms with Crippen molar-refractivity contribution < 1.29 is 73.9 Å². The highest BCUT2D eigenvalue weighted by molar-refractivity contribution is 5.94. The Hall–Kier alpha value is -4.12. The molecule has 0 aromatic heterocycles. The smallest absolute Gasteiger partial charge is 0.247 e. The number of carbonyl (C=O) groups excluding carboxylic acids is 4. The number of rotatable bonds is 18. The molecule has 0 aliphatic carbocycles. The van der Waals surface area contributed by atoms with Crippen molar-refractivity contribution in [3.05, 3.63) is 71.8 Å². The van der Waals surface area contributed by atoms with Crippen molar-refractivity contribution in [3.63, 3.8) is 0 Å². The third-order valence-electron chi connectivity index (χ3n) is 12.6. The molecule has 1 unspecified atom stereocenters. The molecule has 4 fully saturated rings. The number of unbranched alkanes of at least 4 members (excludes halogenated alkanes) is 2. The molecule has 0 saturated carbocycles. The van der Waals surface area contributed by atoms with E-state index in [1.807, 2.05) is 74.5 Å². The van der Waals surface area contributed by atoms with E-state index in [-0.39, 0.29) is 49.8 Å². The second kappa shape index (κ2) is 23.6. The molecule has 9 N–H and O–H groups in total. The van der Waals surface area contributed by atoms with E-state index in [2.05, 4.69) is 10.6 Å². The van der Waals surface area contributed by atoms with Crippen LogP contribution in [0.1, 0.15) is 82.4 Å². The highest BCUT2D eigenvalue weighted by atomic mass is 16.7. The molecule has 6 rings (SSSR count). The Morgan fingerprint density at radius 1 is 0.769 bits per heavy atom. The van der Waals surface area contributed by atoms with Gasteiger partial charge in [0.1, 0.15) is 60.9 Å². The Balaban J connectivity index is 1.03. The minimum absolute atomic E-state index is 0.0235. The molecule has 4 amide bonds. The summed E-state index contributed by atoms with van der Waals surface area (Å²) in [6.45, 7) is 2.83. The van der Waals surface area contributed by atoms with E-state index in [4.69, 9.17) is 18.9 Å². The second-order valence-electron chi connectivity index (χ2n) is 17.8. The summed E-state index contributed by atoms with van der Waals surface area (Å²) in [4.78, 5) is 58.9. The van der Waals surface area contributed by atoms with Gasteiger partial charge in [0.2, 0.25) is 23.6 Å². The normalized spacial score (nSPS) is 31.9. The lowest BCUT2D eigenvalue weighted by molar-refractivity contribution is -0.359. The number of aliphatic hydroxyl groups is 7. The lowest BCUT2D eigenvalue weighted by Crippen LogP contribution is -2.64. The monoisotopic (exact) mass is 914 g/mol. The van der Waals surface area contributed by atoms with Crippen LogP contribution in [-0.4, -0.2) is 182 Å². The molecule has 360 valence electrons. The number of nitrogens with one attached hydrogen (secondary N) is 2. The van der Waals surface area contributed by atoms with Gasteiger partial charge in [-0.3, -0.25) is 19.2 Å².